The lowest BCUT2D eigenvalue weighted by Gasteiger charge is -2.42. The molecular formula is C27H21NO. The van der Waals surface area contributed by atoms with Gasteiger partial charge in [-0.05, 0) is 41.5 Å². The summed E-state index contributed by atoms with van der Waals surface area (Å²) in [6.07, 6.45) is 0. The van der Waals surface area contributed by atoms with E-state index in [1.807, 2.05) is 12.1 Å². The first-order valence-corrected chi connectivity index (χ1v) is 10.0. The Kier molecular flexibility index (Phi) is 3.25. The lowest BCUT2D eigenvalue weighted by molar-refractivity contribution is 0.630. The van der Waals surface area contributed by atoms with Crippen molar-refractivity contribution in [3.05, 3.63) is 102 Å². The molecule has 0 radical (unpaired) electrons. The molecule has 2 heterocycles. The first-order valence-electron chi connectivity index (χ1n) is 10.0. The number of benzene rings is 4. The summed E-state index contributed by atoms with van der Waals surface area (Å²) in [5.41, 5.74) is 7.99. The molecule has 1 aromatic heterocycles. The number of hydrogen-bond donors (Lipinski definition) is 0. The second-order valence-corrected chi connectivity index (χ2v) is 8.28. The standard InChI is InChI=1S/C27H21NO/c1-27(2)21-13-7-8-14-23(21)28(18-10-4-3-5-11-18)24-17-26-20(16-22(24)27)19-12-6-9-15-25(19)29-26/h3-17H,1-2H3. The van der Waals surface area contributed by atoms with Crippen molar-refractivity contribution in [2.75, 3.05) is 4.90 Å². The molecule has 0 atom stereocenters. The average Bonchev–Trinajstić information content (AvgIpc) is 3.11. The van der Waals surface area contributed by atoms with Crippen LogP contribution in [0.15, 0.2) is 95.4 Å². The Hall–Kier alpha value is -3.52. The lowest BCUT2D eigenvalue weighted by Crippen LogP contribution is -2.30. The van der Waals surface area contributed by atoms with Crippen molar-refractivity contribution in [2.24, 2.45) is 0 Å². The van der Waals surface area contributed by atoms with Crippen LogP contribution < -0.4 is 4.90 Å². The normalized spacial score (nSPS) is 14.8. The first kappa shape index (κ1) is 16.4. The summed E-state index contributed by atoms with van der Waals surface area (Å²) in [7, 11) is 0. The maximum Gasteiger partial charge on any atom is 0.137 e. The fourth-order valence-corrected chi connectivity index (χ4v) is 4.77. The fraction of sp³-hybridized carbons (Fsp3) is 0.111. The monoisotopic (exact) mass is 375 g/mol. The molecule has 0 aliphatic carbocycles. The highest BCUT2D eigenvalue weighted by Gasteiger charge is 2.37. The quantitative estimate of drug-likeness (QED) is 0.298. The van der Waals surface area contributed by atoms with Gasteiger partial charge >= 0.3 is 0 Å². The molecule has 1 aliphatic heterocycles. The zero-order chi connectivity index (χ0) is 19.6. The van der Waals surface area contributed by atoms with E-state index in [-0.39, 0.29) is 5.41 Å². The number of fused-ring (bicyclic) bond motifs is 5. The van der Waals surface area contributed by atoms with Gasteiger partial charge in [-0.25, -0.2) is 0 Å². The van der Waals surface area contributed by atoms with Crippen LogP contribution in [0.4, 0.5) is 17.1 Å². The van der Waals surface area contributed by atoms with Gasteiger partial charge in [0.2, 0.25) is 0 Å². The summed E-state index contributed by atoms with van der Waals surface area (Å²) in [6, 6.07) is 32.2. The van der Waals surface area contributed by atoms with Crippen molar-refractivity contribution in [1.29, 1.82) is 0 Å². The minimum atomic E-state index is -0.107. The van der Waals surface area contributed by atoms with E-state index >= 15 is 0 Å². The van der Waals surface area contributed by atoms with E-state index in [0.717, 1.165) is 16.9 Å². The molecule has 1 aliphatic rings. The number of anilines is 3. The second kappa shape index (κ2) is 5.74. The smallest absolute Gasteiger partial charge is 0.137 e. The minimum Gasteiger partial charge on any atom is -0.456 e. The highest BCUT2D eigenvalue weighted by Crippen LogP contribution is 2.53. The molecular weight excluding hydrogens is 354 g/mol. The predicted octanol–water partition coefficient (Wildman–Crippen LogP) is 7.70. The van der Waals surface area contributed by atoms with E-state index in [1.54, 1.807) is 0 Å². The highest BCUT2D eigenvalue weighted by molar-refractivity contribution is 6.07. The van der Waals surface area contributed by atoms with Crippen LogP contribution in [-0.4, -0.2) is 0 Å². The molecule has 0 fully saturated rings. The molecule has 0 unspecified atom stereocenters. The highest BCUT2D eigenvalue weighted by atomic mass is 16.3. The molecule has 2 nitrogen and oxygen atoms in total. The summed E-state index contributed by atoms with van der Waals surface area (Å²) in [5, 5.41) is 2.35. The minimum absolute atomic E-state index is 0.107. The van der Waals surface area contributed by atoms with Crippen molar-refractivity contribution >= 4 is 39.0 Å². The predicted molar refractivity (Wildman–Crippen MR) is 121 cm³/mol. The van der Waals surface area contributed by atoms with Crippen LogP contribution in [0.5, 0.6) is 0 Å². The summed E-state index contributed by atoms with van der Waals surface area (Å²) in [6.45, 7) is 4.64. The second-order valence-electron chi connectivity index (χ2n) is 8.28. The number of para-hydroxylation sites is 3. The van der Waals surface area contributed by atoms with E-state index in [1.165, 1.54) is 33.3 Å². The van der Waals surface area contributed by atoms with Crippen LogP contribution in [-0.2, 0) is 5.41 Å². The summed E-state index contributed by atoms with van der Waals surface area (Å²) >= 11 is 0. The van der Waals surface area contributed by atoms with Crippen molar-refractivity contribution in [3.63, 3.8) is 0 Å². The molecule has 4 aromatic carbocycles. The third-order valence-corrected chi connectivity index (χ3v) is 6.24. The van der Waals surface area contributed by atoms with Crippen molar-refractivity contribution < 1.29 is 4.42 Å². The summed E-state index contributed by atoms with van der Waals surface area (Å²) in [4.78, 5) is 2.36. The van der Waals surface area contributed by atoms with Gasteiger partial charge in [0.1, 0.15) is 11.2 Å². The van der Waals surface area contributed by atoms with E-state index in [2.05, 4.69) is 97.6 Å². The van der Waals surface area contributed by atoms with Crippen LogP contribution >= 0.6 is 0 Å². The number of furan rings is 1. The van der Waals surface area contributed by atoms with Gasteiger partial charge in [0.05, 0.1) is 11.4 Å². The van der Waals surface area contributed by atoms with Gasteiger partial charge < -0.3 is 9.32 Å². The third kappa shape index (κ3) is 2.23. The molecule has 0 saturated carbocycles. The first-order chi connectivity index (χ1) is 14.1. The Morgan fingerprint density at radius 1 is 0.621 bits per heavy atom. The Balaban J connectivity index is 1.74. The zero-order valence-electron chi connectivity index (χ0n) is 16.5. The molecule has 0 amide bonds. The molecule has 6 rings (SSSR count). The Labute approximate surface area is 170 Å². The third-order valence-electron chi connectivity index (χ3n) is 6.24. The van der Waals surface area contributed by atoms with Gasteiger partial charge in [-0.1, -0.05) is 68.4 Å². The van der Waals surface area contributed by atoms with Gasteiger partial charge in [0.15, 0.2) is 0 Å². The average molecular weight is 375 g/mol. The SMILES string of the molecule is CC1(C)c2ccccc2N(c2ccccc2)c2cc3oc4ccccc4c3cc21. The molecule has 0 bridgehead atoms. The van der Waals surface area contributed by atoms with Crippen LogP contribution in [0, 0.1) is 0 Å². The molecule has 29 heavy (non-hydrogen) atoms. The van der Waals surface area contributed by atoms with Gasteiger partial charge in [0.25, 0.3) is 0 Å². The van der Waals surface area contributed by atoms with Crippen LogP contribution in [0.25, 0.3) is 21.9 Å². The van der Waals surface area contributed by atoms with E-state index in [9.17, 15) is 0 Å². The lowest BCUT2D eigenvalue weighted by atomic mass is 9.73. The zero-order valence-corrected chi connectivity index (χ0v) is 16.5. The van der Waals surface area contributed by atoms with Crippen molar-refractivity contribution in [1.82, 2.24) is 0 Å². The van der Waals surface area contributed by atoms with E-state index < -0.39 is 0 Å². The Bertz CT molecular complexity index is 1380. The molecule has 0 spiro atoms. The topological polar surface area (TPSA) is 16.4 Å². The summed E-state index contributed by atoms with van der Waals surface area (Å²) < 4.78 is 6.23. The molecule has 0 saturated heterocycles. The molecule has 140 valence electrons. The van der Waals surface area contributed by atoms with Crippen LogP contribution in [0.1, 0.15) is 25.0 Å². The Morgan fingerprint density at radius 3 is 2.21 bits per heavy atom. The van der Waals surface area contributed by atoms with Crippen molar-refractivity contribution in [3.8, 4) is 0 Å². The molecule has 5 aromatic rings. The van der Waals surface area contributed by atoms with Gasteiger partial charge in [-0.2, -0.15) is 0 Å². The van der Waals surface area contributed by atoms with Crippen LogP contribution in [0.2, 0.25) is 0 Å². The summed E-state index contributed by atoms with van der Waals surface area (Å²) in [5.74, 6) is 0. The maximum absolute atomic E-state index is 6.23. The molecule has 0 N–H and O–H groups in total. The van der Waals surface area contributed by atoms with E-state index in [0.29, 0.717) is 0 Å². The van der Waals surface area contributed by atoms with E-state index in [4.69, 9.17) is 4.42 Å². The Morgan fingerprint density at radius 2 is 1.34 bits per heavy atom. The number of rotatable bonds is 1. The van der Waals surface area contributed by atoms with Gasteiger partial charge in [-0.3, -0.25) is 0 Å². The van der Waals surface area contributed by atoms with Gasteiger partial charge in [-0.15, -0.1) is 0 Å². The maximum atomic E-state index is 6.23. The van der Waals surface area contributed by atoms with Crippen molar-refractivity contribution in [2.45, 2.75) is 19.3 Å². The van der Waals surface area contributed by atoms with Crippen LogP contribution in [0.3, 0.4) is 0 Å². The largest absolute Gasteiger partial charge is 0.456 e. The number of nitrogens with zero attached hydrogens (tertiary/aromatic N) is 1. The number of hydrogen-bond acceptors (Lipinski definition) is 2. The fourth-order valence-electron chi connectivity index (χ4n) is 4.77. The molecule has 2 heteroatoms. The van der Waals surface area contributed by atoms with Gasteiger partial charge in [0, 0.05) is 27.9 Å².